The van der Waals surface area contributed by atoms with Gasteiger partial charge in [0.15, 0.2) is 0 Å². The molecule has 0 heterocycles. The fourth-order valence-corrected chi connectivity index (χ4v) is 0.737. The fraction of sp³-hybridized carbons (Fsp3) is 0.875. The summed E-state index contributed by atoms with van der Waals surface area (Å²) >= 11 is 0. The molecule has 11 heavy (non-hydrogen) atoms. The molecule has 3 heteroatoms. The largest absolute Gasteiger partial charge is 0.463 e. The van der Waals surface area contributed by atoms with Crippen LogP contribution in [0.1, 0.15) is 33.1 Å². The summed E-state index contributed by atoms with van der Waals surface area (Å²) in [4.78, 5) is 10.3. The van der Waals surface area contributed by atoms with E-state index in [0.717, 1.165) is 12.8 Å². The molecule has 0 spiro atoms. The monoisotopic (exact) mass is 160 g/mol. The highest BCUT2D eigenvalue weighted by atomic mass is 16.5. The second-order valence-electron chi connectivity index (χ2n) is 2.60. The third-order valence-corrected chi connectivity index (χ3v) is 1.37. The highest BCUT2D eigenvalue weighted by Crippen LogP contribution is 2.00. The van der Waals surface area contributed by atoms with Gasteiger partial charge in [-0.1, -0.05) is 19.8 Å². The third kappa shape index (κ3) is 7.33. The molecule has 1 N–H and O–H groups in total. The second kappa shape index (κ2) is 6.16. The molecular weight excluding hydrogens is 144 g/mol. The van der Waals surface area contributed by atoms with Crippen molar-refractivity contribution in [3.8, 4) is 0 Å². The van der Waals surface area contributed by atoms with Crippen LogP contribution in [0, 0.1) is 0 Å². The predicted octanol–water partition coefficient (Wildman–Crippen LogP) is 1.10. The summed E-state index contributed by atoms with van der Waals surface area (Å²) in [6.45, 7) is 3.53. The number of aliphatic hydroxyl groups is 1. The van der Waals surface area contributed by atoms with Gasteiger partial charge in [-0.15, -0.1) is 0 Å². The molecule has 0 saturated heterocycles. The number of esters is 1. The molecule has 0 radical (unpaired) electrons. The van der Waals surface area contributed by atoms with Crippen LogP contribution in [0.4, 0.5) is 0 Å². The first kappa shape index (κ1) is 10.4. The van der Waals surface area contributed by atoms with E-state index in [1.165, 1.54) is 6.92 Å². The van der Waals surface area contributed by atoms with Crippen molar-refractivity contribution in [2.24, 2.45) is 0 Å². The number of hydrogen-bond acceptors (Lipinski definition) is 3. The Kier molecular flexibility index (Phi) is 5.84. The predicted molar refractivity (Wildman–Crippen MR) is 42.2 cm³/mol. The lowest BCUT2D eigenvalue weighted by atomic mass is 10.2. The molecule has 0 aliphatic heterocycles. The molecule has 0 rings (SSSR count). The van der Waals surface area contributed by atoms with Crippen LogP contribution in [0.2, 0.25) is 0 Å². The first-order valence-corrected chi connectivity index (χ1v) is 3.98. The molecular formula is C8H16O3. The summed E-state index contributed by atoms with van der Waals surface area (Å²) in [5.74, 6) is -0.333. The summed E-state index contributed by atoms with van der Waals surface area (Å²) in [7, 11) is 0. The molecule has 1 unspecified atom stereocenters. The lowest BCUT2D eigenvalue weighted by Gasteiger charge is -2.08. The van der Waals surface area contributed by atoms with E-state index in [9.17, 15) is 4.79 Å². The standard InChI is InChI=1S/C8H16O3/c1-3-4-5-8(10)6-11-7(2)9/h8,10H,3-6H2,1-2H3. The number of carbonyl (C=O) groups is 1. The maximum atomic E-state index is 10.3. The number of hydrogen-bond donors (Lipinski definition) is 1. The average molecular weight is 160 g/mol. The molecule has 0 bridgehead atoms. The third-order valence-electron chi connectivity index (χ3n) is 1.37. The van der Waals surface area contributed by atoms with E-state index >= 15 is 0 Å². The molecule has 0 aliphatic carbocycles. The van der Waals surface area contributed by atoms with Crippen LogP contribution in [0.25, 0.3) is 0 Å². The first-order chi connectivity index (χ1) is 5.16. The number of rotatable bonds is 5. The van der Waals surface area contributed by atoms with Gasteiger partial charge in [0.05, 0.1) is 6.10 Å². The Labute approximate surface area is 67.4 Å². The first-order valence-electron chi connectivity index (χ1n) is 3.98. The Morgan fingerprint density at radius 2 is 2.27 bits per heavy atom. The maximum absolute atomic E-state index is 10.3. The topological polar surface area (TPSA) is 46.5 Å². The molecule has 0 saturated carbocycles. The van der Waals surface area contributed by atoms with E-state index in [0.29, 0.717) is 6.42 Å². The minimum Gasteiger partial charge on any atom is -0.463 e. The normalized spacial score (nSPS) is 12.6. The summed E-state index contributed by atoms with van der Waals surface area (Å²) < 4.78 is 4.61. The van der Waals surface area contributed by atoms with Gasteiger partial charge in [-0.25, -0.2) is 0 Å². The van der Waals surface area contributed by atoms with Gasteiger partial charge in [0, 0.05) is 6.92 Å². The molecule has 0 aromatic heterocycles. The average Bonchev–Trinajstić information content (AvgIpc) is 1.97. The molecule has 0 aromatic carbocycles. The molecule has 0 amide bonds. The zero-order valence-electron chi connectivity index (χ0n) is 7.17. The van der Waals surface area contributed by atoms with Gasteiger partial charge < -0.3 is 9.84 Å². The number of carbonyl (C=O) groups excluding carboxylic acids is 1. The maximum Gasteiger partial charge on any atom is 0.302 e. The van der Waals surface area contributed by atoms with Gasteiger partial charge in [-0.3, -0.25) is 4.79 Å². The van der Waals surface area contributed by atoms with Crippen molar-refractivity contribution in [1.29, 1.82) is 0 Å². The van der Waals surface area contributed by atoms with Crippen molar-refractivity contribution >= 4 is 5.97 Å². The molecule has 3 nitrogen and oxygen atoms in total. The van der Waals surface area contributed by atoms with Crippen LogP contribution in [-0.4, -0.2) is 23.8 Å². The van der Waals surface area contributed by atoms with Gasteiger partial charge in [0.25, 0.3) is 0 Å². The van der Waals surface area contributed by atoms with E-state index in [1.807, 2.05) is 0 Å². The zero-order chi connectivity index (χ0) is 8.69. The number of ether oxygens (including phenoxy) is 1. The summed E-state index contributed by atoms with van der Waals surface area (Å²) in [6, 6.07) is 0. The lowest BCUT2D eigenvalue weighted by Crippen LogP contribution is -2.16. The van der Waals surface area contributed by atoms with Crippen LogP contribution < -0.4 is 0 Å². The van der Waals surface area contributed by atoms with Gasteiger partial charge in [-0.05, 0) is 6.42 Å². The van der Waals surface area contributed by atoms with Gasteiger partial charge in [0.1, 0.15) is 6.61 Å². The van der Waals surface area contributed by atoms with Crippen molar-refractivity contribution in [3.05, 3.63) is 0 Å². The van der Waals surface area contributed by atoms with E-state index in [-0.39, 0.29) is 12.6 Å². The zero-order valence-corrected chi connectivity index (χ0v) is 7.17. The summed E-state index contributed by atoms with van der Waals surface area (Å²) in [6.07, 6.45) is 2.25. The second-order valence-corrected chi connectivity index (χ2v) is 2.60. The van der Waals surface area contributed by atoms with Crippen molar-refractivity contribution < 1.29 is 14.6 Å². The van der Waals surface area contributed by atoms with Crippen LogP contribution >= 0.6 is 0 Å². The van der Waals surface area contributed by atoms with Gasteiger partial charge in [0.2, 0.25) is 0 Å². The molecule has 0 aromatic rings. The van der Waals surface area contributed by atoms with Crippen LogP contribution in [-0.2, 0) is 9.53 Å². The number of aliphatic hydroxyl groups excluding tert-OH is 1. The van der Waals surface area contributed by atoms with E-state index < -0.39 is 6.10 Å². The van der Waals surface area contributed by atoms with Crippen molar-refractivity contribution in [2.75, 3.05) is 6.61 Å². The fourth-order valence-electron chi connectivity index (χ4n) is 0.737. The Morgan fingerprint density at radius 1 is 1.64 bits per heavy atom. The number of unbranched alkanes of at least 4 members (excludes halogenated alkanes) is 1. The minimum atomic E-state index is -0.487. The van der Waals surface area contributed by atoms with Crippen molar-refractivity contribution in [2.45, 2.75) is 39.2 Å². The minimum absolute atomic E-state index is 0.134. The SMILES string of the molecule is CCCCC(O)COC(C)=O. The highest BCUT2D eigenvalue weighted by Gasteiger charge is 2.04. The van der Waals surface area contributed by atoms with Gasteiger partial charge >= 0.3 is 5.97 Å². The molecule has 66 valence electrons. The Bertz CT molecular complexity index is 112. The Morgan fingerprint density at radius 3 is 2.73 bits per heavy atom. The Hall–Kier alpha value is -0.570. The van der Waals surface area contributed by atoms with E-state index in [2.05, 4.69) is 11.7 Å². The summed E-state index contributed by atoms with van der Waals surface area (Å²) in [5.41, 5.74) is 0. The van der Waals surface area contributed by atoms with Crippen LogP contribution in [0.5, 0.6) is 0 Å². The highest BCUT2D eigenvalue weighted by molar-refractivity contribution is 5.65. The van der Waals surface area contributed by atoms with E-state index in [1.54, 1.807) is 0 Å². The molecule has 1 atom stereocenters. The smallest absolute Gasteiger partial charge is 0.302 e. The van der Waals surface area contributed by atoms with Crippen molar-refractivity contribution in [3.63, 3.8) is 0 Å². The molecule has 0 aliphatic rings. The van der Waals surface area contributed by atoms with E-state index in [4.69, 9.17) is 5.11 Å². The summed E-state index contributed by atoms with van der Waals surface area (Å²) in [5, 5.41) is 9.15. The molecule has 0 fully saturated rings. The van der Waals surface area contributed by atoms with Crippen LogP contribution in [0.15, 0.2) is 0 Å². The quantitative estimate of drug-likeness (QED) is 0.612. The Balaban J connectivity index is 3.22. The lowest BCUT2D eigenvalue weighted by molar-refractivity contribution is -0.144. The van der Waals surface area contributed by atoms with Crippen molar-refractivity contribution in [1.82, 2.24) is 0 Å². The van der Waals surface area contributed by atoms with Gasteiger partial charge in [-0.2, -0.15) is 0 Å². The van der Waals surface area contributed by atoms with Crippen LogP contribution in [0.3, 0.4) is 0 Å².